The molecule has 0 spiro atoms. The van der Waals surface area contributed by atoms with Crippen LogP contribution < -0.4 is 10.7 Å². The maximum atomic E-state index is 12.4. The van der Waals surface area contributed by atoms with E-state index in [2.05, 4.69) is 20.2 Å². The van der Waals surface area contributed by atoms with Crippen molar-refractivity contribution in [3.05, 3.63) is 131 Å². The van der Waals surface area contributed by atoms with Crippen LogP contribution in [0.5, 0.6) is 5.75 Å². The molecule has 2 aromatic carbocycles. The topological polar surface area (TPSA) is 129 Å². The molecule has 2 aliphatic rings. The monoisotopic (exact) mass is 572 g/mol. The maximum absolute atomic E-state index is 12.4. The van der Waals surface area contributed by atoms with E-state index in [-0.39, 0.29) is 16.7 Å². The van der Waals surface area contributed by atoms with E-state index in [0.29, 0.717) is 59.6 Å². The Kier molecular flexibility index (Phi) is 7.80. The molecule has 1 aliphatic carbocycles. The molecule has 4 aromatic rings. The first-order chi connectivity index (χ1) is 20.9. The molecule has 0 bridgehead atoms. The van der Waals surface area contributed by atoms with Gasteiger partial charge in [-0.15, -0.1) is 0 Å². The highest BCUT2D eigenvalue weighted by atomic mass is 16.4. The zero-order chi connectivity index (χ0) is 29.8. The number of phenolic OH excluding ortho intramolecular Hbond substituents is 1. The molecule has 214 valence electrons. The highest BCUT2D eigenvalue weighted by Gasteiger charge is 2.22. The van der Waals surface area contributed by atoms with Crippen molar-refractivity contribution in [3.8, 4) is 28.2 Å². The number of hydrogen-bond donors (Lipinski definition) is 3. The van der Waals surface area contributed by atoms with Crippen LogP contribution in [0.25, 0.3) is 33.4 Å². The Balaban J connectivity index is 1.33. The van der Waals surface area contributed by atoms with E-state index in [1.807, 2.05) is 36.4 Å². The smallest absolute Gasteiger partial charge is 0.336 e. The van der Waals surface area contributed by atoms with Gasteiger partial charge in [0.15, 0.2) is 5.43 Å². The van der Waals surface area contributed by atoms with Crippen molar-refractivity contribution < 1.29 is 19.4 Å². The van der Waals surface area contributed by atoms with Crippen LogP contribution in [0.15, 0.2) is 113 Å². The van der Waals surface area contributed by atoms with Crippen LogP contribution in [0.4, 0.5) is 5.69 Å². The van der Waals surface area contributed by atoms with Gasteiger partial charge in [0, 0.05) is 72.9 Å². The second-order valence-corrected chi connectivity index (χ2v) is 10.2. The van der Waals surface area contributed by atoms with E-state index < -0.39 is 5.97 Å². The molecule has 0 radical (unpaired) electrons. The number of nitrogens with one attached hydrogen (secondary N) is 1. The molecule has 3 N–H and O–H groups in total. The first-order valence-electron chi connectivity index (χ1n) is 13.8. The summed E-state index contributed by atoms with van der Waals surface area (Å²) in [6, 6.07) is 25.9. The number of benzene rings is 3. The number of hydrogen-bond acceptors (Lipinski definition) is 8. The van der Waals surface area contributed by atoms with Gasteiger partial charge in [-0.25, -0.2) is 4.79 Å². The molecule has 0 unspecified atom stereocenters. The summed E-state index contributed by atoms with van der Waals surface area (Å²) in [6.07, 6.45) is 3.56. The first kappa shape index (κ1) is 27.6. The van der Waals surface area contributed by atoms with Gasteiger partial charge in [0.1, 0.15) is 17.1 Å². The van der Waals surface area contributed by atoms with Crippen LogP contribution in [-0.2, 0) is 13.1 Å². The number of rotatable bonds is 10. The summed E-state index contributed by atoms with van der Waals surface area (Å²) in [5.74, 6) is -0.788. The Labute approximate surface area is 247 Å². The number of carboxylic acids is 1. The Morgan fingerprint density at radius 2 is 1.58 bits per heavy atom. The zero-order valence-corrected chi connectivity index (χ0v) is 23.1. The summed E-state index contributed by atoms with van der Waals surface area (Å²) in [6.45, 7) is 2.53. The predicted molar refractivity (Wildman–Crippen MR) is 164 cm³/mol. The fourth-order valence-electron chi connectivity index (χ4n) is 5.21. The van der Waals surface area contributed by atoms with E-state index in [4.69, 9.17) is 4.42 Å². The van der Waals surface area contributed by atoms with Gasteiger partial charge in [-0.2, -0.15) is 0 Å². The summed E-state index contributed by atoms with van der Waals surface area (Å²) < 4.78 is 5.95. The Morgan fingerprint density at radius 3 is 2.26 bits per heavy atom. The lowest BCUT2D eigenvalue weighted by atomic mass is 9.90. The fourth-order valence-corrected chi connectivity index (χ4v) is 5.21. The van der Waals surface area contributed by atoms with Gasteiger partial charge in [0.25, 0.3) is 0 Å². The molecular weight excluding hydrogens is 544 g/mol. The fraction of sp³-hybridized carbons (Fsp3) is 0.118. The third kappa shape index (κ3) is 6.22. The van der Waals surface area contributed by atoms with Crippen molar-refractivity contribution in [2.75, 3.05) is 18.4 Å². The van der Waals surface area contributed by atoms with E-state index in [1.165, 1.54) is 24.3 Å². The number of carbonyl (C=O) groups is 1. The third-order valence-corrected chi connectivity index (χ3v) is 7.18. The van der Waals surface area contributed by atoms with Gasteiger partial charge in [0.2, 0.25) is 0 Å². The van der Waals surface area contributed by atoms with Crippen LogP contribution in [0.3, 0.4) is 0 Å². The van der Waals surface area contributed by atoms with Crippen LogP contribution in [0.1, 0.15) is 21.7 Å². The molecule has 1 aliphatic heterocycles. The average Bonchev–Trinajstić information content (AvgIpc) is 3.00. The summed E-state index contributed by atoms with van der Waals surface area (Å²) in [4.78, 5) is 35.7. The number of pyridine rings is 2. The molecule has 0 saturated heterocycles. The standard InChI is InChI=1S/C34H28N4O5/c39-25-8-11-28-31(18-25)43-32-19-26(40)9-12-29(32)33(28)30-17-22(7-10-27(30)34(41)42)37-15-16-38(20-23-5-1-3-13-35-23)21-24-6-2-4-14-36-24/h1-14,17-19,37,39H,15-16,20-21H2,(H,41,42). The lowest BCUT2D eigenvalue weighted by molar-refractivity contribution is 0.0697. The molecule has 0 fully saturated rings. The largest absolute Gasteiger partial charge is 0.508 e. The molecule has 0 saturated carbocycles. The summed E-state index contributed by atoms with van der Waals surface area (Å²) in [5, 5.41) is 24.3. The predicted octanol–water partition coefficient (Wildman–Crippen LogP) is 5.87. The molecule has 43 heavy (non-hydrogen) atoms. The molecule has 0 amide bonds. The summed E-state index contributed by atoms with van der Waals surface area (Å²) >= 11 is 0. The van der Waals surface area contributed by atoms with Gasteiger partial charge in [-0.1, -0.05) is 12.1 Å². The number of nitrogens with zero attached hydrogens (tertiary/aromatic N) is 3. The SMILES string of the molecule is O=C(O)c1ccc(NCCN(Cc2ccccn2)Cc2ccccn2)cc1-c1c2ccc(=O)cc-2oc2cc(O)ccc12. The first-order valence-corrected chi connectivity index (χ1v) is 13.8. The molecule has 0 atom stereocenters. The van der Waals surface area contributed by atoms with E-state index in [1.54, 1.807) is 42.7 Å². The van der Waals surface area contributed by atoms with Gasteiger partial charge >= 0.3 is 5.97 Å². The summed E-state index contributed by atoms with van der Waals surface area (Å²) in [7, 11) is 0. The van der Waals surface area contributed by atoms with E-state index in [9.17, 15) is 19.8 Å². The third-order valence-electron chi connectivity index (χ3n) is 7.18. The minimum absolute atomic E-state index is 0.00494. The van der Waals surface area contributed by atoms with Crippen molar-refractivity contribution in [2.24, 2.45) is 0 Å². The normalized spacial score (nSPS) is 11.3. The minimum Gasteiger partial charge on any atom is -0.508 e. The zero-order valence-electron chi connectivity index (χ0n) is 23.1. The molecule has 3 heterocycles. The van der Waals surface area contributed by atoms with Gasteiger partial charge in [-0.05, 0) is 72.3 Å². The number of aromatic hydroxyl groups is 1. The van der Waals surface area contributed by atoms with Crippen LogP contribution in [0.2, 0.25) is 0 Å². The number of aromatic carboxylic acids is 1. The highest BCUT2D eigenvalue weighted by molar-refractivity contribution is 6.08. The van der Waals surface area contributed by atoms with Crippen molar-refractivity contribution in [2.45, 2.75) is 13.1 Å². The van der Waals surface area contributed by atoms with Crippen molar-refractivity contribution in [3.63, 3.8) is 0 Å². The van der Waals surface area contributed by atoms with Crippen LogP contribution >= 0.6 is 0 Å². The quantitative estimate of drug-likeness (QED) is 0.173. The molecule has 9 nitrogen and oxygen atoms in total. The van der Waals surface area contributed by atoms with Crippen molar-refractivity contribution in [1.82, 2.24) is 14.9 Å². The second kappa shape index (κ2) is 12.1. The Bertz CT molecular complexity index is 1880. The van der Waals surface area contributed by atoms with Gasteiger partial charge in [0.05, 0.1) is 17.0 Å². The Morgan fingerprint density at radius 1 is 0.837 bits per heavy atom. The summed E-state index contributed by atoms with van der Waals surface area (Å²) in [5.41, 5.74) is 4.49. The van der Waals surface area contributed by atoms with E-state index >= 15 is 0 Å². The van der Waals surface area contributed by atoms with Gasteiger partial charge < -0.3 is 19.9 Å². The Hall–Kier alpha value is -5.54. The lowest BCUT2D eigenvalue weighted by Gasteiger charge is -2.22. The number of anilines is 1. The molecule has 6 rings (SSSR count). The highest BCUT2D eigenvalue weighted by Crippen LogP contribution is 2.42. The lowest BCUT2D eigenvalue weighted by Crippen LogP contribution is -2.29. The molecule has 9 heteroatoms. The second-order valence-electron chi connectivity index (χ2n) is 10.2. The van der Waals surface area contributed by atoms with Crippen LogP contribution in [-0.4, -0.2) is 44.1 Å². The molecular formula is C34H28N4O5. The number of aromatic nitrogens is 2. The van der Waals surface area contributed by atoms with Gasteiger partial charge in [-0.3, -0.25) is 19.7 Å². The van der Waals surface area contributed by atoms with Crippen molar-refractivity contribution >= 4 is 22.6 Å². The average molecular weight is 573 g/mol. The minimum atomic E-state index is -1.08. The number of fused-ring (bicyclic) bond motifs is 2. The number of phenols is 1. The van der Waals surface area contributed by atoms with E-state index in [0.717, 1.165) is 17.1 Å². The molecule has 2 aromatic heterocycles. The maximum Gasteiger partial charge on any atom is 0.336 e. The van der Waals surface area contributed by atoms with Crippen molar-refractivity contribution in [1.29, 1.82) is 0 Å². The van der Waals surface area contributed by atoms with Crippen LogP contribution in [0, 0.1) is 0 Å². The number of carboxylic acid groups (broad SMARTS) is 1.